The number of nitrogens with zero attached hydrogens (tertiary/aromatic N) is 1. The van der Waals surface area contributed by atoms with Crippen LogP contribution in [0.2, 0.25) is 0 Å². The third-order valence-corrected chi connectivity index (χ3v) is 6.09. The number of benzene rings is 1. The molecule has 0 amide bonds. The van der Waals surface area contributed by atoms with Crippen molar-refractivity contribution in [2.24, 2.45) is 17.8 Å². The van der Waals surface area contributed by atoms with Gasteiger partial charge in [-0.15, -0.1) is 0 Å². The maximum absolute atomic E-state index is 10.5. The topological polar surface area (TPSA) is 23.5 Å². The number of aliphatic hydroxyl groups excluding tert-OH is 1. The van der Waals surface area contributed by atoms with Gasteiger partial charge in [-0.2, -0.15) is 0 Å². The standard InChI is InChI=1S/C25H35NO/c1-26(2)16-10-4-7-14-21-17-22-19-25(27)23(24(22)18-21)15-9-8-13-20-11-5-3-6-12-20/h3,5-6,8-9,11-13,15,17,22-25,27H,4,7,10,14,16,18-19H2,1-2H3/b13-8+,15-9+/t22-,23+,24-,25+/m0/s1. The van der Waals surface area contributed by atoms with Gasteiger partial charge in [0.2, 0.25) is 0 Å². The van der Waals surface area contributed by atoms with Crippen LogP contribution in [0.5, 0.6) is 0 Å². The fourth-order valence-electron chi connectivity index (χ4n) is 4.67. The van der Waals surface area contributed by atoms with Crippen LogP contribution in [0.15, 0.2) is 60.2 Å². The van der Waals surface area contributed by atoms with E-state index in [0.717, 1.165) is 6.42 Å². The monoisotopic (exact) mass is 365 g/mol. The van der Waals surface area contributed by atoms with Gasteiger partial charge in [-0.1, -0.05) is 72.7 Å². The molecule has 2 aliphatic carbocycles. The Morgan fingerprint density at radius 2 is 1.89 bits per heavy atom. The zero-order valence-electron chi connectivity index (χ0n) is 16.9. The summed E-state index contributed by atoms with van der Waals surface area (Å²) in [4.78, 5) is 2.27. The first-order chi connectivity index (χ1) is 13.1. The Balaban J connectivity index is 1.46. The van der Waals surface area contributed by atoms with Crippen LogP contribution in [0.4, 0.5) is 0 Å². The van der Waals surface area contributed by atoms with Gasteiger partial charge in [-0.3, -0.25) is 0 Å². The average Bonchev–Trinajstić information content (AvgIpc) is 3.16. The lowest BCUT2D eigenvalue weighted by molar-refractivity contribution is 0.141. The third-order valence-electron chi connectivity index (χ3n) is 6.09. The van der Waals surface area contributed by atoms with Gasteiger partial charge in [0.25, 0.3) is 0 Å². The summed E-state index contributed by atoms with van der Waals surface area (Å²) in [5.41, 5.74) is 2.85. The molecule has 0 spiro atoms. The normalized spacial score (nSPS) is 27.8. The second-order valence-electron chi connectivity index (χ2n) is 8.51. The molecule has 0 saturated heterocycles. The van der Waals surface area contributed by atoms with Gasteiger partial charge in [0.15, 0.2) is 0 Å². The van der Waals surface area contributed by atoms with Crippen molar-refractivity contribution < 1.29 is 5.11 Å². The van der Waals surface area contributed by atoms with Crippen molar-refractivity contribution >= 4 is 6.08 Å². The smallest absolute Gasteiger partial charge is 0.0611 e. The molecule has 4 atom stereocenters. The fraction of sp³-hybridized carbons (Fsp3) is 0.520. The summed E-state index contributed by atoms with van der Waals surface area (Å²) in [6.45, 7) is 1.19. The quantitative estimate of drug-likeness (QED) is 0.364. The number of fused-ring (bicyclic) bond motifs is 1. The highest BCUT2D eigenvalue weighted by atomic mass is 16.3. The van der Waals surface area contributed by atoms with Crippen LogP contribution in [0.25, 0.3) is 6.08 Å². The highest BCUT2D eigenvalue weighted by Crippen LogP contribution is 2.48. The van der Waals surface area contributed by atoms with E-state index >= 15 is 0 Å². The minimum atomic E-state index is -0.181. The van der Waals surface area contributed by atoms with E-state index in [2.05, 4.69) is 73.6 Å². The Kier molecular flexibility index (Phi) is 7.49. The van der Waals surface area contributed by atoms with Crippen molar-refractivity contribution in [3.8, 4) is 0 Å². The Morgan fingerprint density at radius 3 is 2.67 bits per heavy atom. The summed E-state index contributed by atoms with van der Waals surface area (Å²) in [5, 5.41) is 10.5. The van der Waals surface area contributed by atoms with Crippen LogP contribution < -0.4 is 0 Å². The van der Waals surface area contributed by atoms with Crippen molar-refractivity contribution in [2.75, 3.05) is 20.6 Å². The Hall–Kier alpha value is -1.64. The molecule has 1 N–H and O–H groups in total. The molecule has 2 heteroatoms. The zero-order valence-corrected chi connectivity index (χ0v) is 16.9. The van der Waals surface area contributed by atoms with Crippen LogP contribution >= 0.6 is 0 Å². The van der Waals surface area contributed by atoms with Gasteiger partial charge in [-0.25, -0.2) is 0 Å². The molecule has 1 aromatic rings. The molecular weight excluding hydrogens is 330 g/mol. The molecule has 1 saturated carbocycles. The predicted octanol–water partition coefficient (Wildman–Crippen LogP) is 5.32. The Morgan fingerprint density at radius 1 is 1.07 bits per heavy atom. The maximum atomic E-state index is 10.5. The first kappa shape index (κ1) is 20.1. The molecule has 146 valence electrons. The fourth-order valence-corrected chi connectivity index (χ4v) is 4.67. The molecule has 0 radical (unpaired) electrons. The van der Waals surface area contributed by atoms with Crippen molar-refractivity contribution in [1.29, 1.82) is 0 Å². The second-order valence-corrected chi connectivity index (χ2v) is 8.51. The summed E-state index contributed by atoms with van der Waals surface area (Å²) in [5.74, 6) is 1.50. The Labute approximate surface area is 165 Å². The summed E-state index contributed by atoms with van der Waals surface area (Å²) in [7, 11) is 4.30. The number of rotatable bonds is 9. The maximum Gasteiger partial charge on any atom is 0.0611 e. The largest absolute Gasteiger partial charge is 0.392 e. The number of aliphatic hydroxyl groups is 1. The molecule has 1 fully saturated rings. The van der Waals surface area contributed by atoms with Crippen LogP contribution in [-0.4, -0.2) is 36.8 Å². The highest BCUT2D eigenvalue weighted by molar-refractivity contribution is 5.50. The van der Waals surface area contributed by atoms with E-state index in [1.807, 2.05) is 6.07 Å². The number of hydrogen-bond donors (Lipinski definition) is 1. The molecule has 0 aliphatic heterocycles. The number of unbranched alkanes of at least 4 members (excludes halogenated alkanes) is 2. The minimum absolute atomic E-state index is 0.181. The Bertz CT molecular complexity index is 658. The molecule has 0 unspecified atom stereocenters. The van der Waals surface area contributed by atoms with Gasteiger partial charge in [0, 0.05) is 5.92 Å². The van der Waals surface area contributed by atoms with Crippen molar-refractivity contribution in [3.05, 3.63) is 65.8 Å². The van der Waals surface area contributed by atoms with E-state index in [-0.39, 0.29) is 6.10 Å². The summed E-state index contributed by atoms with van der Waals surface area (Å²) in [6, 6.07) is 10.4. The van der Waals surface area contributed by atoms with Crippen LogP contribution in [-0.2, 0) is 0 Å². The predicted molar refractivity (Wildman–Crippen MR) is 115 cm³/mol. The van der Waals surface area contributed by atoms with Crippen molar-refractivity contribution in [2.45, 2.75) is 44.6 Å². The van der Waals surface area contributed by atoms with E-state index in [0.29, 0.717) is 17.8 Å². The van der Waals surface area contributed by atoms with Crippen LogP contribution in [0, 0.1) is 17.8 Å². The average molecular weight is 366 g/mol. The van der Waals surface area contributed by atoms with E-state index < -0.39 is 0 Å². The summed E-state index contributed by atoms with van der Waals surface area (Å²) < 4.78 is 0. The number of hydrogen-bond acceptors (Lipinski definition) is 2. The van der Waals surface area contributed by atoms with E-state index in [1.165, 1.54) is 44.2 Å². The third kappa shape index (κ3) is 5.92. The molecule has 27 heavy (non-hydrogen) atoms. The molecule has 0 aromatic heterocycles. The van der Waals surface area contributed by atoms with Crippen molar-refractivity contribution in [3.63, 3.8) is 0 Å². The first-order valence-corrected chi connectivity index (χ1v) is 10.6. The minimum Gasteiger partial charge on any atom is -0.392 e. The van der Waals surface area contributed by atoms with Gasteiger partial charge in [-0.05, 0) is 70.1 Å². The van der Waals surface area contributed by atoms with Crippen LogP contribution in [0.1, 0.15) is 44.1 Å². The first-order valence-electron chi connectivity index (χ1n) is 10.6. The SMILES string of the molecule is CN(C)CCCCCC1=C[C@H]2C[C@@H](O)[C@H](/C=C/C=C/c3ccccc3)[C@H]2C1. The van der Waals surface area contributed by atoms with Crippen LogP contribution in [0.3, 0.4) is 0 Å². The van der Waals surface area contributed by atoms with E-state index in [9.17, 15) is 5.11 Å². The van der Waals surface area contributed by atoms with Gasteiger partial charge >= 0.3 is 0 Å². The van der Waals surface area contributed by atoms with E-state index in [4.69, 9.17) is 0 Å². The lowest BCUT2D eigenvalue weighted by Crippen LogP contribution is -2.16. The molecule has 3 rings (SSSR count). The van der Waals surface area contributed by atoms with Crippen molar-refractivity contribution in [1.82, 2.24) is 4.90 Å². The molecule has 0 heterocycles. The summed E-state index contributed by atoms with van der Waals surface area (Å²) >= 11 is 0. The highest BCUT2D eigenvalue weighted by Gasteiger charge is 2.42. The molecule has 1 aromatic carbocycles. The lowest BCUT2D eigenvalue weighted by atomic mass is 9.89. The van der Waals surface area contributed by atoms with Gasteiger partial charge < -0.3 is 10.0 Å². The molecule has 2 aliphatic rings. The van der Waals surface area contributed by atoms with Gasteiger partial charge in [0.05, 0.1) is 6.10 Å². The number of allylic oxidation sites excluding steroid dienone is 4. The van der Waals surface area contributed by atoms with E-state index in [1.54, 1.807) is 5.57 Å². The molecule has 2 nitrogen and oxygen atoms in total. The second kappa shape index (κ2) is 10.1. The van der Waals surface area contributed by atoms with Gasteiger partial charge in [0.1, 0.15) is 0 Å². The molecule has 0 bridgehead atoms. The molecular formula is C25H35NO. The zero-order chi connectivity index (χ0) is 19.1. The lowest BCUT2D eigenvalue weighted by Gasteiger charge is -2.18. The summed E-state index contributed by atoms with van der Waals surface area (Å²) in [6.07, 6.45) is 18.2.